The molecule has 0 aromatic heterocycles. The van der Waals surface area contributed by atoms with Crippen LogP contribution in [0.4, 0.5) is 0 Å². The third-order valence-corrected chi connectivity index (χ3v) is 5.21. The fraction of sp³-hybridized carbons (Fsp3) is 0.923. The van der Waals surface area contributed by atoms with Gasteiger partial charge in [-0.15, -0.1) is 0 Å². The largest absolute Gasteiger partial charge is 0.388 e. The summed E-state index contributed by atoms with van der Waals surface area (Å²) < 4.78 is 22.4. The van der Waals surface area contributed by atoms with Gasteiger partial charge in [0.05, 0.1) is 21.1 Å². The second kappa shape index (κ2) is 8.38. The van der Waals surface area contributed by atoms with E-state index < -0.39 is 50.0 Å². The Kier molecular flexibility index (Phi) is 7.52. The highest BCUT2D eigenvalue weighted by atomic mass is 31.2. The summed E-state index contributed by atoms with van der Waals surface area (Å²) in [6, 6.07) is -1.35. The summed E-state index contributed by atoms with van der Waals surface area (Å²) >= 11 is 0. The van der Waals surface area contributed by atoms with Crippen LogP contribution in [0.15, 0.2) is 0 Å². The monoisotopic (exact) mass is 387 g/mol. The van der Waals surface area contributed by atoms with Crippen molar-refractivity contribution in [2.75, 3.05) is 34.3 Å². The third kappa shape index (κ3) is 6.24. The molecule has 0 aliphatic carbocycles. The highest BCUT2D eigenvalue weighted by Gasteiger charge is 2.51. The molecule has 0 aromatic rings. The van der Waals surface area contributed by atoms with Crippen LogP contribution in [0, 0.1) is 0 Å². The molecule has 0 spiro atoms. The van der Waals surface area contributed by atoms with Crippen molar-refractivity contribution in [3.8, 4) is 0 Å². The van der Waals surface area contributed by atoms with E-state index in [-0.39, 0.29) is 6.61 Å². The fourth-order valence-electron chi connectivity index (χ4n) is 2.25. The van der Waals surface area contributed by atoms with E-state index in [2.05, 4.69) is 5.32 Å². The minimum absolute atomic E-state index is 0.142. The smallest absolute Gasteiger partial charge is 0.359 e. The van der Waals surface area contributed by atoms with Crippen molar-refractivity contribution in [1.82, 2.24) is 5.32 Å². The van der Waals surface area contributed by atoms with Gasteiger partial charge in [0.15, 0.2) is 12.1 Å². The van der Waals surface area contributed by atoms with Gasteiger partial charge in [-0.2, -0.15) is 0 Å². The lowest BCUT2D eigenvalue weighted by Crippen LogP contribution is -2.65. The quantitative estimate of drug-likeness (QED) is 0.199. The Morgan fingerprint density at radius 3 is 2.32 bits per heavy atom. The molecule has 148 valence electrons. The minimum atomic E-state index is -4.62. The number of aliphatic hydroxyl groups is 4. The van der Waals surface area contributed by atoms with Gasteiger partial charge in [0.25, 0.3) is 0 Å². The number of carbonyl (C=O) groups excluding carboxylic acids is 1. The number of nitrogens with zero attached hydrogens (tertiary/aromatic N) is 1. The highest BCUT2D eigenvalue weighted by Crippen LogP contribution is 2.49. The van der Waals surface area contributed by atoms with Gasteiger partial charge in [-0.25, -0.2) is 0 Å². The molecule has 1 rings (SSSR count). The zero-order valence-electron chi connectivity index (χ0n) is 14.6. The first-order valence-electron chi connectivity index (χ1n) is 7.68. The van der Waals surface area contributed by atoms with Crippen molar-refractivity contribution < 1.29 is 48.4 Å². The molecule has 0 saturated carbocycles. The molecule has 2 unspecified atom stereocenters. The number of hydrogen-bond acceptors (Lipinski definition) is 8. The van der Waals surface area contributed by atoms with Crippen molar-refractivity contribution in [3.05, 3.63) is 0 Å². The molecule has 7 atom stereocenters. The second-order valence-electron chi connectivity index (χ2n) is 7.02. The van der Waals surface area contributed by atoms with Crippen LogP contribution in [0.1, 0.15) is 6.92 Å². The first-order chi connectivity index (χ1) is 11.3. The van der Waals surface area contributed by atoms with Crippen LogP contribution in [0.2, 0.25) is 0 Å². The number of carbonyl (C=O) groups is 1. The molecule has 0 bridgehead atoms. The summed E-state index contributed by atoms with van der Waals surface area (Å²) in [4.78, 5) is 20.9. The first kappa shape index (κ1) is 22.4. The summed E-state index contributed by atoms with van der Waals surface area (Å²) in [5, 5.41) is 42.1. The Labute approximate surface area is 145 Å². The number of likely N-dealkylation sites (N-methyl/N-ethyl adjacent to an activating group) is 1. The Balaban J connectivity index is 2.78. The van der Waals surface area contributed by atoms with Gasteiger partial charge in [-0.1, -0.05) is 0 Å². The molecule has 1 saturated heterocycles. The number of ether oxygens (including phenoxy) is 1. The maximum absolute atomic E-state index is 12.2. The predicted molar refractivity (Wildman–Crippen MR) is 85.2 cm³/mol. The van der Waals surface area contributed by atoms with Crippen molar-refractivity contribution >= 4 is 13.5 Å². The van der Waals surface area contributed by atoms with Crippen molar-refractivity contribution in [2.24, 2.45) is 0 Å². The summed E-state index contributed by atoms with van der Waals surface area (Å²) in [6.07, 6.45) is -7.14. The van der Waals surface area contributed by atoms with Crippen molar-refractivity contribution in [3.63, 3.8) is 0 Å². The van der Waals surface area contributed by atoms with E-state index in [0.29, 0.717) is 11.0 Å². The van der Waals surface area contributed by atoms with E-state index in [4.69, 9.17) is 9.26 Å². The van der Waals surface area contributed by atoms with Crippen LogP contribution in [0.25, 0.3) is 0 Å². The van der Waals surface area contributed by atoms with Crippen LogP contribution >= 0.6 is 7.60 Å². The van der Waals surface area contributed by atoms with E-state index in [1.807, 2.05) is 21.1 Å². The van der Waals surface area contributed by atoms with Gasteiger partial charge in [0.1, 0.15) is 37.5 Å². The normalized spacial score (nSPS) is 34.2. The van der Waals surface area contributed by atoms with Gasteiger partial charge in [-0.3, -0.25) is 9.36 Å². The molecular formula is C13H28N2O9P+. The highest BCUT2D eigenvalue weighted by molar-refractivity contribution is 7.53. The summed E-state index contributed by atoms with van der Waals surface area (Å²) in [6.45, 7) is 1.37. The molecule has 1 aliphatic heterocycles. The first-order valence-corrected chi connectivity index (χ1v) is 9.33. The van der Waals surface area contributed by atoms with E-state index >= 15 is 0 Å². The van der Waals surface area contributed by atoms with Crippen LogP contribution in [0.5, 0.6) is 0 Å². The second-order valence-corrected chi connectivity index (χ2v) is 8.94. The number of quaternary nitrogens is 1. The zero-order chi connectivity index (χ0) is 19.6. The molecule has 1 amide bonds. The Morgan fingerprint density at radius 1 is 1.28 bits per heavy atom. The van der Waals surface area contributed by atoms with E-state index in [0.717, 1.165) is 6.92 Å². The van der Waals surface area contributed by atoms with Gasteiger partial charge in [-0.05, 0) is 0 Å². The summed E-state index contributed by atoms with van der Waals surface area (Å²) in [5.41, 5.74) is 0. The fourth-order valence-corrected chi connectivity index (χ4v) is 3.36. The maximum atomic E-state index is 12.2. The van der Waals surface area contributed by atoms with E-state index in [1.165, 1.54) is 0 Å². The van der Waals surface area contributed by atoms with Gasteiger partial charge in [0, 0.05) is 6.92 Å². The predicted octanol–water partition coefficient (Wildman–Crippen LogP) is -2.84. The zero-order valence-corrected chi connectivity index (χ0v) is 15.5. The number of aliphatic hydroxyl groups excluding tert-OH is 4. The maximum Gasteiger partial charge on any atom is 0.359 e. The Hall–Kier alpha value is -0.620. The van der Waals surface area contributed by atoms with Crippen molar-refractivity contribution in [2.45, 2.75) is 43.4 Å². The molecule has 25 heavy (non-hydrogen) atoms. The number of hydrogen-bond donors (Lipinski definition) is 6. The third-order valence-electron chi connectivity index (χ3n) is 3.69. The van der Waals surface area contributed by atoms with Crippen molar-refractivity contribution in [1.29, 1.82) is 0 Å². The Bertz CT molecular complexity index is 512. The molecule has 11 nitrogen and oxygen atoms in total. The average molecular weight is 387 g/mol. The molecule has 1 aliphatic rings. The standard InChI is InChI=1S/C13H27N2O9P/c1-7(16)14-8-9(17)10(18)11(24-12(8)19)13(20)25(21,22)23-6-5-15(2,3)4/h8-13,17-20H,5-6H2,1-4H3,(H-,14,16,21,22)/p+1/t8-,9-,10+,11+,12-,13?/m1/s1. The van der Waals surface area contributed by atoms with Crippen LogP contribution < -0.4 is 5.32 Å². The molecule has 0 radical (unpaired) electrons. The summed E-state index contributed by atoms with van der Waals surface area (Å²) in [7, 11) is 0.890. The molecule has 12 heteroatoms. The number of nitrogens with one attached hydrogen (secondary N) is 1. The van der Waals surface area contributed by atoms with Gasteiger partial charge in [0.2, 0.25) is 5.91 Å². The number of rotatable bonds is 7. The summed E-state index contributed by atoms with van der Waals surface area (Å²) in [5.74, 6) is -2.79. The molecular weight excluding hydrogens is 359 g/mol. The average Bonchev–Trinajstić information content (AvgIpc) is 2.44. The Morgan fingerprint density at radius 2 is 1.84 bits per heavy atom. The van der Waals surface area contributed by atoms with Crippen LogP contribution in [-0.2, 0) is 18.6 Å². The minimum Gasteiger partial charge on any atom is -0.388 e. The lowest BCUT2D eigenvalue weighted by atomic mass is 9.97. The SMILES string of the molecule is CC(=O)N[C@@H]1[C@@H](O)[C@H](O)[C@@H](C(O)P(=O)(O)OCC[N+](C)(C)C)O[C@H]1O. The number of amides is 1. The van der Waals surface area contributed by atoms with Crippen LogP contribution in [0.3, 0.4) is 0 Å². The molecule has 0 aromatic carbocycles. The van der Waals surface area contributed by atoms with Gasteiger partial charge >= 0.3 is 7.60 Å². The topological polar surface area (TPSA) is 166 Å². The lowest BCUT2D eigenvalue weighted by molar-refractivity contribution is -0.870. The van der Waals surface area contributed by atoms with Gasteiger partial charge < -0.3 is 44.4 Å². The van der Waals surface area contributed by atoms with E-state index in [1.54, 1.807) is 0 Å². The van der Waals surface area contributed by atoms with E-state index in [9.17, 15) is 34.7 Å². The molecule has 1 fully saturated rings. The van der Waals surface area contributed by atoms with Crippen LogP contribution in [-0.4, -0.2) is 106 Å². The molecule has 1 heterocycles. The molecule has 6 N–H and O–H groups in total. The lowest BCUT2D eigenvalue weighted by Gasteiger charge is -2.42.